The van der Waals surface area contributed by atoms with Crippen LogP contribution in [0.15, 0.2) is 12.4 Å². The van der Waals surface area contributed by atoms with Crippen LogP contribution in [-0.4, -0.2) is 21.5 Å². The van der Waals surface area contributed by atoms with E-state index in [2.05, 4.69) is 10.3 Å². The molecular formula is C9H16N4O. The summed E-state index contributed by atoms with van der Waals surface area (Å²) in [5, 5.41) is 3.17. The van der Waals surface area contributed by atoms with Gasteiger partial charge in [-0.05, 0) is 6.92 Å². The number of hydrogen-bond donors (Lipinski definition) is 2. The second-order valence-electron chi connectivity index (χ2n) is 3.41. The van der Waals surface area contributed by atoms with Crippen LogP contribution < -0.4 is 11.1 Å². The summed E-state index contributed by atoms with van der Waals surface area (Å²) in [5.41, 5.74) is 5.07. The highest BCUT2D eigenvalue weighted by molar-refractivity contribution is 5.74. The van der Waals surface area contributed by atoms with Crippen molar-refractivity contribution in [2.75, 3.05) is 0 Å². The minimum absolute atomic E-state index is 0.0872. The first-order valence-electron chi connectivity index (χ1n) is 4.57. The number of rotatable bonds is 5. The molecule has 0 saturated carbocycles. The summed E-state index contributed by atoms with van der Waals surface area (Å²) in [6.45, 7) is 2.58. The zero-order valence-electron chi connectivity index (χ0n) is 8.53. The number of amides is 1. The molecule has 0 saturated heterocycles. The Hall–Kier alpha value is -1.36. The van der Waals surface area contributed by atoms with Crippen molar-refractivity contribution < 1.29 is 4.79 Å². The molecule has 78 valence electrons. The molecule has 0 aliphatic rings. The summed E-state index contributed by atoms with van der Waals surface area (Å²) < 4.78 is 1.93. The molecule has 1 rings (SSSR count). The van der Waals surface area contributed by atoms with E-state index in [1.807, 2.05) is 24.7 Å². The fourth-order valence-electron chi connectivity index (χ4n) is 1.21. The van der Waals surface area contributed by atoms with E-state index in [-0.39, 0.29) is 11.9 Å². The van der Waals surface area contributed by atoms with Gasteiger partial charge in [-0.25, -0.2) is 4.98 Å². The molecule has 0 radical (unpaired) electrons. The second kappa shape index (κ2) is 4.76. The number of nitrogens with zero attached hydrogens (tertiary/aromatic N) is 2. The maximum Gasteiger partial charge on any atom is 0.218 e. The Labute approximate surface area is 83.3 Å². The van der Waals surface area contributed by atoms with Crippen LogP contribution in [0, 0.1) is 0 Å². The number of hydrogen-bond acceptors (Lipinski definition) is 3. The molecular weight excluding hydrogens is 180 g/mol. The van der Waals surface area contributed by atoms with Crippen LogP contribution in [0.5, 0.6) is 0 Å². The smallest absolute Gasteiger partial charge is 0.218 e. The van der Waals surface area contributed by atoms with Gasteiger partial charge in [-0.3, -0.25) is 4.79 Å². The number of aromatic nitrogens is 2. The first kappa shape index (κ1) is 10.7. The zero-order valence-corrected chi connectivity index (χ0v) is 8.53. The molecule has 0 bridgehead atoms. The molecule has 0 fully saturated rings. The van der Waals surface area contributed by atoms with Crippen molar-refractivity contribution in [2.24, 2.45) is 12.8 Å². The molecule has 1 atom stereocenters. The predicted molar refractivity (Wildman–Crippen MR) is 53.3 cm³/mol. The van der Waals surface area contributed by atoms with Crippen molar-refractivity contribution in [2.45, 2.75) is 25.9 Å². The maximum absolute atomic E-state index is 10.6. The highest BCUT2D eigenvalue weighted by Gasteiger charge is 2.06. The Balaban J connectivity index is 2.34. The van der Waals surface area contributed by atoms with Gasteiger partial charge in [0, 0.05) is 31.9 Å². The standard InChI is InChI=1S/C9H16N4O/c1-7(5-8(10)14)12-6-9-11-3-4-13(9)2/h3-4,7,12H,5-6H2,1-2H3,(H2,10,14). The summed E-state index contributed by atoms with van der Waals surface area (Å²) in [6, 6.07) is 0.0872. The van der Waals surface area contributed by atoms with E-state index in [1.165, 1.54) is 0 Å². The minimum atomic E-state index is -0.287. The highest BCUT2D eigenvalue weighted by Crippen LogP contribution is 1.96. The van der Waals surface area contributed by atoms with E-state index >= 15 is 0 Å². The van der Waals surface area contributed by atoms with Gasteiger partial charge in [-0.2, -0.15) is 0 Å². The summed E-state index contributed by atoms with van der Waals surface area (Å²) >= 11 is 0. The molecule has 1 heterocycles. The number of nitrogens with two attached hydrogens (primary N) is 1. The van der Waals surface area contributed by atoms with E-state index in [0.717, 1.165) is 5.82 Å². The van der Waals surface area contributed by atoms with Crippen LogP contribution in [0.4, 0.5) is 0 Å². The van der Waals surface area contributed by atoms with Gasteiger partial charge in [0.2, 0.25) is 5.91 Å². The third kappa shape index (κ3) is 3.18. The second-order valence-corrected chi connectivity index (χ2v) is 3.41. The summed E-state index contributed by atoms with van der Waals surface area (Å²) in [6.07, 6.45) is 3.98. The third-order valence-corrected chi connectivity index (χ3v) is 2.04. The van der Waals surface area contributed by atoms with Crippen LogP contribution in [0.2, 0.25) is 0 Å². The molecule has 3 N–H and O–H groups in total. The van der Waals surface area contributed by atoms with Gasteiger partial charge in [-0.15, -0.1) is 0 Å². The molecule has 0 aliphatic heterocycles. The molecule has 1 unspecified atom stereocenters. The number of aryl methyl sites for hydroxylation is 1. The Kier molecular flexibility index (Phi) is 3.64. The number of carbonyl (C=O) groups excluding carboxylic acids is 1. The third-order valence-electron chi connectivity index (χ3n) is 2.04. The fourth-order valence-corrected chi connectivity index (χ4v) is 1.21. The van der Waals surface area contributed by atoms with Crippen LogP contribution in [0.1, 0.15) is 19.2 Å². The van der Waals surface area contributed by atoms with Gasteiger partial charge in [0.05, 0.1) is 6.54 Å². The average molecular weight is 196 g/mol. The highest BCUT2D eigenvalue weighted by atomic mass is 16.1. The monoisotopic (exact) mass is 196 g/mol. The lowest BCUT2D eigenvalue weighted by Crippen LogP contribution is -2.31. The first-order chi connectivity index (χ1) is 6.59. The summed E-state index contributed by atoms with van der Waals surface area (Å²) in [7, 11) is 1.93. The van der Waals surface area contributed by atoms with Crippen molar-refractivity contribution >= 4 is 5.91 Å². The molecule has 1 aromatic rings. The number of primary amides is 1. The van der Waals surface area contributed by atoms with Crippen molar-refractivity contribution in [3.05, 3.63) is 18.2 Å². The number of nitrogens with one attached hydrogen (secondary N) is 1. The zero-order chi connectivity index (χ0) is 10.6. The Bertz CT molecular complexity index is 308. The van der Waals surface area contributed by atoms with Crippen molar-refractivity contribution in [3.8, 4) is 0 Å². The SMILES string of the molecule is CC(CC(N)=O)NCc1nccn1C. The normalized spacial score (nSPS) is 12.7. The number of carbonyl (C=O) groups is 1. The lowest BCUT2D eigenvalue weighted by atomic mass is 10.2. The van der Waals surface area contributed by atoms with Gasteiger partial charge in [0.25, 0.3) is 0 Å². The number of imidazole rings is 1. The molecule has 0 aliphatic carbocycles. The molecule has 5 heteroatoms. The molecule has 5 nitrogen and oxygen atoms in total. The average Bonchev–Trinajstić information content (AvgIpc) is 2.46. The molecule has 1 aromatic heterocycles. The topological polar surface area (TPSA) is 72.9 Å². The Morgan fingerprint density at radius 1 is 1.79 bits per heavy atom. The molecule has 14 heavy (non-hydrogen) atoms. The molecule has 0 aromatic carbocycles. The van der Waals surface area contributed by atoms with Crippen LogP contribution >= 0.6 is 0 Å². The first-order valence-corrected chi connectivity index (χ1v) is 4.57. The lowest BCUT2D eigenvalue weighted by Gasteiger charge is -2.11. The van der Waals surface area contributed by atoms with Crippen molar-refractivity contribution in [3.63, 3.8) is 0 Å². The van der Waals surface area contributed by atoms with E-state index in [4.69, 9.17) is 5.73 Å². The van der Waals surface area contributed by atoms with Gasteiger partial charge >= 0.3 is 0 Å². The minimum Gasteiger partial charge on any atom is -0.370 e. The van der Waals surface area contributed by atoms with Crippen molar-refractivity contribution in [1.82, 2.24) is 14.9 Å². The predicted octanol–water partition coefficient (Wildman–Crippen LogP) is -0.226. The van der Waals surface area contributed by atoms with Crippen LogP contribution in [0.3, 0.4) is 0 Å². The fraction of sp³-hybridized carbons (Fsp3) is 0.556. The maximum atomic E-state index is 10.6. The van der Waals surface area contributed by atoms with E-state index < -0.39 is 0 Å². The molecule has 1 amide bonds. The van der Waals surface area contributed by atoms with E-state index in [0.29, 0.717) is 13.0 Å². The van der Waals surface area contributed by atoms with Gasteiger partial charge in [0.15, 0.2) is 0 Å². The summed E-state index contributed by atoms with van der Waals surface area (Å²) in [5.74, 6) is 0.658. The van der Waals surface area contributed by atoms with E-state index in [9.17, 15) is 4.79 Å². The lowest BCUT2D eigenvalue weighted by molar-refractivity contribution is -0.118. The van der Waals surface area contributed by atoms with E-state index in [1.54, 1.807) is 6.20 Å². The van der Waals surface area contributed by atoms with Gasteiger partial charge in [0.1, 0.15) is 5.82 Å². The quantitative estimate of drug-likeness (QED) is 0.683. The summed E-state index contributed by atoms with van der Waals surface area (Å²) in [4.78, 5) is 14.8. The largest absolute Gasteiger partial charge is 0.370 e. The Morgan fingerprint density at radius 2 is 2.50 bits per heavy atom. The van der Waals surface area contributed by atoms with Gasteiger partial charge < -0.3 is 15.6 Å². The van der Waals surface area contributed by atoms with Crippen LogP contribution in [0.25, 0.3) is 0 Å². The Morgan fingerprint density at radius 3 is 3.00 bits per heavy atom. The van der Waals surface area contributed by atoms with Crippen molar-refractivity contribution in [1.29, 1.82) is 0 Å². The van der Waals surface area contributed by atoms with Gasteiger partial charge in [-0.1, -0.05) is 0 Å². The van der Waals surface area contributed by atoms with Crippen LogP contribution in [-0.2, 0) is 18.4 Å². The molecule has 0 spiro atoms.